The van der Waals surface area contributed by atoms with Gasteiger partial charge >= 0.3 is 5.97 Å². The fourth-order valence-corrected chi connectivity index (χ4v) is 2.91. The lowest BCUT2D eigenvalue weighted by atomic mass is 9.91. The van der Waals surface area contributed by atoms with E-state index in [0.29, 0.717) is 5.56 Å². The molecule has 0 unspecified atom stereocenters. The Morgan fingerprint density at radius 2 is 1.48 bits per heavy atom. The molecule has 0 aromatic heterocycles. The Kier molecular flexibility index (Phi) is 5.28. The molecule has 0 N–H and O–H groups in total. The second-order valence-electron chi connectivity index (χ2n) is 4.54. The summed E-state index contributed by atoms with van der Waals surface area (Å²) in [5.41, 5.74) is 1.31. The van der Waals surface area contributed by atoms with Crippen LogP contribution in [0.3, 0.4) is 0 Å². The Balaban J connectivity index is 2.33. The summed E-state index contributed by atoms with van der Waals surface area (Å²) in [5.74, 6) is -1.26. The Hall–Kier alpha value is -1.94. The lowest BCUT2D eigenvalue weighted by molar-refractivity contribution is -0.142. The normalized spacial score (nSPS) is 13.2. The zero-order chi connectivity index (χ0) is 15.2. The molecule has 2 rings (SSSR count). The van der Waals surface area contributed by atoms with Gasteiger partial charge in [-0.05, 0) is 5.56 Å². The number of ether oxygens (including phenoxy) is 1. The molecule has 0 bridgehead atoms. The molecule has 2 atom stereocenters. The van der Waals surface area contributed by atoms with Crippen LogP contribution in [0.4, 0.5) is 0 Å². The van der Waals surface area contributed by atoms with Crippen molar-refractivity contribution in [3.63, 3.8) is 0 Å². The van der Waals surface area contributed by atoms with Crippen LogP contribution in [-0.4, -0.2) is 23.7 Å². The lowest BCUT2D eigenvalue weighted by Gasteiger charge is -2.20. The van der Waals surface area contributed by atoms with Gasteiger partial charge in [-0.3, -0.25) is 9.59 Å². The number of carbonyl (C=O) groups excluding carboxylic acids is 2. The second kappa shape index (κ2) is 7.18. The van der Waals surface area contributed by atoms with Crippen LogP contribution in [0.5, 0.6) is 0 Å². The summed E-state index contributed by atoms with van der Waals surface area (Å²) in [7, 11) is 1.32. The third-order valence-electron chi connectivity index (χ3n) is 3.22. The maximum absolute atomic E-state index is 12.5. The van der Waals surface area contributed by atoms with Crippen molar-refractivity contribution in [2.75, 3.05) is 7.11 Å². The summed E-state index contributed by atoms with van der Waals surface area (Å²) in [4.78, 5) is 23.9. The quantitative estimate of drug-likeness (QED) is 0.472. The average molecular weight is 347 g/mol. The summed E-state index contributed by atoms with van der Waals surface area (Å²) in [6.45, 7) is 0. The molecule has 0 saturated carbocycles. The molecule has 0 saturated heterocycles. The first-order valence-corrected chi connectivity index (χ1v) is 7.43. The van der Waals surface area contributed by atoms with Crippen LogP contribution in [0, 0.1) is 0 Å². The van der Waals surface area contributed by atoms with E-state index in [2.05, 4.69) is 15.9 Å². The van der Waals surface area contributed by atoms with Gasteiger partial charge in [0.25, 0.3) is 0 Å². The zero-order valence-corrected chi connectivity index (χ0v) is 13.1. The Morgan fingerprint density at radius 1 is 0.952 bits per heavy atom. The summed E-state index contributed by atoms with van der Waals surface area (Å²) >= 11 is 3.37. The van der Waals surface area contributed by atoms with Crippen molar-refractivity contribution in [2.24, 2.45) is 0 Å². The molecular formula is C17H15BrO3. The number of ketones is 1. The van der Waals surface area contributed by atoms with Crippen molar-refractivity contribution in [2.45, 2.75) is 10.7 Å². The highest BCUT2D eigenvalue weighted by Crippen LogP contribution is 2.29. The summed E-state index contributed by atoms with van der Waals surface area (Å²) in [6.07, 6.45) is 0. The molecule has 0 aliphatic carbocycles. The monoisotopic (exact) mass is 346 g/mol. The molecule has 2 aromatic carbocycles. The number of methoxy groups -OCH3 is 1. The van der Waals surface area contributed by atoms with E-state index in [4.69, 9.17) is 4.74 Å². The van der Waals surface area contributed by atoms with Gasteiger partial charge in [0.2, 0.25) is 0 Å². The SMILES string of the molecule is COC(=O)[C@H](c1ccccc1)[C@@H](Br)C(=O)c1ccccc1. The van der Waals surface area contributed by atoms with Crippen molar-refractivity contribution in [1.82, 2.24) is 0 Å². The van der Waals surface area contributed by atoms with E-state index in [1.165, 1.54) is 7.11 Å². The fourth-order valence-electron chi connectivity index (χ4n) is 2.12. The topological polar surface area (TPSA) is 43.4 Å². The minimum Gasteiger partial charge on any atom is -0.469 e. The third-order valence-corrected chi connectivity index (χ3v) is 4.16. The molecule has 2 aromatic rings. The number of Topliss-reactive ketones (excluding diaryl/α,β-unsaturated/α-hetero) is 1. The molecule has 0 aliphatic rings. The van der Waals surface area contributed by atoms with Gasteiger partial charge in [0.05, 0.1) is 11.9 Å². The van der Waals surface area contributed by atoms with E-state index in [9.17, 15) is 9.59 Å². The van der Waals surface area contributed by atoms with Gasteiger partial charge < -0.3 is 4.74 Å². The molecule has 0 radical (unpaired) electrons. The molecular weight excluding hydrogens is 332 g/mol. The predicted octanol–water partition coefficient (Wildman–Crippen LogP) is 3.59. The summed E-state index contributed by atoms with van der Waals surface area (Å²) in [5, 5.41) is 0. The van der Waals surface area contributed by atoms with E-state index < -0.39 is 16.7 Å². The highest BCUT2D eigenvalue weighted by Gasteiger charge is 2.34. The molecule has 0 fully saturated rings. The molecule has 4 heteroatoms. The Bertz CT molecular complexity index is 610. The highest BCUT2D eigenvalue weighted by atomic mass is 79.9. The zero-order valence-electron chi connectivity index (χ0n) is 11.5. The van der Waals surface area contributed by atoms with Crippen LogP contribution < -0.4 is 0 Å². The molecule has 3 nitrogen and oxygen atoms in total. The first-order chi connectivity index (χ1) is 10.1. The number of rotatable bonds is 5. The molecule has 21 heavy (non-hydrogen) atoms. The number of hydrogen-bond acceptors (Lipinski definition) is 3. The van der Waals surface area contributed by atoms with E-state index in [1.807, 2.05) is 36.4 Å². The van der Waals surface area contributed by atoms with E-state index >= 15 is 0 Å². The largest absolute Gasteiger partial charge is 0.469 e. The van der Waals surface area contributed by atoms with Gasteiger partial charge in [-0.2, -0.15) is 0 Å². The Morgan fingerprint density at radius 3 is 2.00 bits per heavy atom. The van der Waals surface area contributed by atoms with Crippen LogP contribution >= 0.6 is 15.9 Å². The summed E-state index contributed by atoms with van der Waals surface area (Å²) in [6, 6.07) is 18.0. The average Bonchev–Trinajstić information content (AvgIpc) is 2.55. The van der Waals surface area contributed by atoms with Crippen LogP contribution in [0.1, 0.15) is 21.8 Å². The minimum absolute atomic E-state index is 0.144. The standard InChI is InChI=1S/C17H15BrO3/c1-21-17(20)14(12-8-4-2-5-9-12)15(18)16(19)13-10-6-3-7-11-13/h2-11,14-15H,1H3/t14-,15-/m1/s1. The molecule has 0 spiro atoms. The van der Waals surface area contributed by atoms with E-state index in [0.717, 1.165) is 5.56 Å². The fraction of sp³-hybridized carbons (Fsp3) is 0.176. The van der Waals surface area contributed by atoms with Crippen LogP contribution in [-0.2, 0) is 9.53 Å². The predicted molar refractivity (Wildman–Crippen MR) is 84.7 cm³/mol. The van der Waals surface area contributed by atoms with Crippen molar-refractivity contribution in [1.29, 1.82) is 0 Å². The van der Waals surface area contributed by atoms with Crippen molar-refractivity contribution in [3.05, 3.63) is 71.8 Å². The van der Waals surface area contributed by atoms with Gasteiger partial charge in [-0.15, -0.1) is 0 Å². The third kappa shape index (κ3) is 3.58. The van der Waals surface area contributed by atoms with Gasteiger partial charge in [-0.25, -0.2) is 0 Å². The number of hydrogen-bond donors (Lipinski definition) is 0. The van der Waals surface area contributed by atoms with Gasteiger partial charge in [0.15, 0.2) is 5.78 Å². The van der Waals surface area contributed by atoms with E-state index in [-0.39, 0.29) is 5.78 Å². The number of alkyl halides is 1. The number of benzene rings is 2. The van der Waals surface area contributed by atoms with Gasteiger partial charge in [0, 0.05) is 5.56 Å². The van der Waals surface area contributed by atoms with Crippen molar-refractivity contribution in [3.8, 4) is 0 Å². The maximum atomic E-state index is 12.5. The van der Waals surface area contributed by atoms with Gasteiger partial charge in [-0.1, -0.05) is 76.6 Å². The number of esters is 1. The first kappa shape index (κ1) is 15.4. The molecule has 0 amide bonds. The second-order valence-corrected chi connectivity index (χ2v) is 5.53. The first-order valence-electron chi connectivity index (χ1n) is 6.51. The molecule has 0 aliphatic heterocycles. The highest BCUT2D eigenvalue weighted by molar-refractivity contribution is 9.10. The minimum atomic E-state index is -0.677. The molecule has 108 valence electrons. The van der Waals surface area contributed by atoms with Gasteiger partial charge in [0.1, 0.15) is 5.92 Å². The van der Waals surface area contributed by atoms with Crippen LogP contribution in [0.25, 0.3) is 0 Å². The number of carbonyl (C=O) groups is 2. The maximum Gasteiger partial charge on any atom is 0.314 e. The van der Waals surface area contributed by atoms with Crippen molar-refractivity contribution >= 4 is 27.7 Å². The summed E-state index contributed by atoms with van der Waals surface area (Å²) < 4.78 is 4.85. The molecule has 0 heterocycles. The Labute approximate surface area is 132 Å². The van der Waals surface area contributed by atoms with Crippen molar-refractivity contribution < 1.29 is 14.3 Å². The smallest absolute Gasteiger partial charge is 0.314 e. The van der Waals surface area contributed by atoms with Crippen LogP contribution in [0.15, 0.2) is 60.7 Å². The lowest BCUT2D eigenvalue weighted by Crippen LogP contribution is -2.29. The van der Waals surface area contributed by atoms with Crippen LogP contribution in [0.2, 0.25) is 0 Å². The number of halogens is 1. The van der Waals surface area contributed by atoms with E-state index in [1.54, 1.807) is 24.3 Å².